The Morgan fingerprint density at radius 3 is 2.81 bits per heavy atom. The zero-order valence-corrected chi connectivity index (χ0v) is 10.4. The summed E-state index contributed by atoms with van der Waals surface area (Å²) in [7, 11) is 1.72. The molecule has 0 aliphatic carbocycles. The second-order valence-electron chi connectivity index (χ2n) is 4.35. The van der Waals surface area contributed by atoms with E-state index in [9.17, 15) is 0 Å². The minimum absolute atomic E-state index is 0.758. The number of nitrogens with one attached hydrogen (secondary N) is 1. The Labute approximate surface area is 102 Å². The molecule has 2 rings (SSSR count). The Morgan fingerprint density at radius 1 is 1.38 bits per heavy atom. The van der Waals surface area contributed by atoms with Gasteiger partial charge >= 0.3 is 0 Å². The van der Waals surface area contributed by atoms with Crippen LogP contribution < -0.4 is 10.1 Å². The van der Waals surface area contributed by atoms with Gasteiger partial charge in [-0.05, 0) is 62.0 Å². The number of rotatable bonds is 3. The maximum atomic E-state index is 6.02. The van der Waals surface area contributed by atoms with Gasteiger partial charge in [0.2, 0.25) is 0 Å². The van der Waals surface area contributed by atoms with Gasteiger partial charge in [0.1, 0.15) is 5.75 Å². The topological polar surface area (TPSA) is 21.3 Å². The summed E-state index contributed by atoms with van der Waals surface area (Å²) in [5, 5.41) is 4.18. The predicted molar refractivity (Wildman–Crippen MR) is 67.3 cm³/mol. The van der Waals surface area contributed by atoms with Crippen LogP contribution in [0.5, 0.6) is 5.75 Å². The number of benzene rings is 1. The largest absolute Gasteiger partial charge is 0.496 e. The molecule has 0 aromatic heterocycles. The maximum absolute atomic E-state index is 6.02. The van der Waals surface area contributed by atoms with Gasteiger partial charge in [0.25, 0.3) is 0 Å². The fourth-order valence-corrected chi connectivity index (χ4v) is 2.50. The van der Waals surface area contributed by atoms with E-state index in [2.05, 4.69) is 5.32 Å². The molecule has 1 heterocycles. The van der Waals surface area contributed by atoms with Crippen LogP contribution in [0, 0.1) is 5.92 Å². The van der Waals surface area contributed by atoms with E-state index in [-0.39, 0.29) is 0 Å². The Morgan fingerprint density at radius 2 is 2.12 bits per heavy atom. The first-order valence-electron chi connectivity index (χ1n) is 5.82. The second-order valence-corrected chi connectivity index (χ2v) is 4.79. The van der Waals surface area contributed by atoms with Crippen molar-refractivity contribution in [2.24, 2.45) is 5.92 Å². The number of halogens is 1. The lowest BCUT2D eigenvalue weighted by molar-refractivity contribution is 0.361. The summed E-state index contributed by atoms with van der Waals surface area (Å²) >= 11 is 6.02. The summed E-state index contributed by atoms with van der Waals surface area (Å²) in [5.74, 6) is 1.72. The van der Waals surface area contributed by atoms with Crippen molar-refractivity contribution in [2.45, 2.75) is 19.3 Å². The van der Waals surface area contributed by atoms with Crippen molar-refractivity contribution < 1.29 is 4.74 Å². The zero-order chi connectivity index (χ0) is 11.4. The van der Waals surface area contributed by atoms with Crippen molar-refractivity contribution in [1.82, 2.24) is 5.32 Å². The van der Waals surface area contributed by atoms with Crippen molar-refractivity contribution >= 4 is 11.6 Å². The number of ether oxygens (including phenoxy) is 1. The molecule has 16 heavy (non-hydrogen) atoms. The van der Waals surface area contributed by atoms with E-state index >= 15 is 0 Å². The Bertz CT molecular complexity index is 348. The first-order valence-corrected chi connectivity index (χ1v) is 6.20. The van der Waals surface area contributed by atoms with Crippen molar-refractivity contribution in [3.63, 3.8) is 0 Å². The number of hydrogen-bond acceptors (Lipinski definition) is 2. The van der Waals surface area contributed by atoms with Crippen LogP contribution in [0.15, 0.2) is 18.2 Å². The average molecular weight is 240 g/mol. The van der Waals surface area contributed by atoms with Gasteiger partial charge in [0, 0.05) is 5.02 Å². The molecule has 0 radical (unpaired) electrons. The SMILES string of the molecule is COc1ccc(Cl)cc1CC1CCNCC1. The van der Waals surface area contributed by atoms with Crippen LogP contribution in [-0.4, -0.2) is 20.2 Å². The number of hydrogen-bond donors (Lipinski definition) is 1. The van der Waals surface area contributed by atoms with E-state index in [1.165, 1.54) is 18.4 Å². The Kier molecular flexibility index (Phi) is 4.08. The molecule has 1 fully saturated rings. The molecule has 0 spiro atoms. The molecule has 0 unspecified atom stereocenters. The molecule has 1 aromatic rings. The predicted octanol–water partition coefficient (Wildman–Crippen LogP) is 2.89. The van der Waals surface area contributed by atoms with Crippen molar-refractivity contribution in [1.29, 1.82) is 0 Å². The highest BCUT2D eigenvalue weighted by Crippen LogP contribution is 2.27. The minimum atomic E-state index is 0.758. The van der Waals surface area contributed by atoms with E-state index < -0.39 is 0 Å². The molecule has 1 aromatic carbocycles. The highest BCUT2D eigenvalue weighted by molar-refractivity contribution is 6.30. The smallest absolute Gasteiger partial charge is 0.122 e. The van der Waals surface area contributed by atoms with Gasteiger partial charge in [0.05, 0.1) is 7.11 Å². The lowest BCUT2D eigenvalue weighted by Gasteiger charge is -2.23. The van der Waals surface area contributed by atoms with Crippen molar-refractivity contribution in [3.8, 4) is 5.75 Å². The lowest BCUT2D eigenvalue weighted by Crippen LogP contribution is -2.28. The molecule has 2 nitrogen and oxygen atoms in total. The molecule has 3 heteroatoms. The maximum Gasteiger partial charge on any atom is 0.122 e. The lowest BCUT2D eigenvalue weighted by atomic mass is 9.90. The van der Waals surface area contributed by atoms with Gasteiger partial charge < -0.3 is 10.1 Å². The fraction of sp³-hybridized carbons (Fsp3) is 0.538. The monoisotopic (exact) mass is 239 g/mol. The molecule has 88 valence electrons. The van der Waals surface area contributed by atoms with Gasteiger partial charge in [0.15, 0.2) is 0 Å². The summed E-state index contributed by atoms with van der Waals surface area (Å²) in [6.07, 6.45) is 3.57. The summed E-state index contributed by atoms with van der Waals surface area (Å²) in [4.78, 5) is 0. The standard InChI is InChI=1S/C13H18ClNO/c1-16-13-3-2-12(14)9-11(13)8-10-4-6-15-7-5-10/h2-3,9-10,15H,4-8H2,1H3. The van der Waals surface area contributed by atoms with E-state index in [1.54, 1.807) is 7.11 Å². The molecular formula is C13H18ClNO. The Balaban J connectivity index is 2.09. The van der Waals surface area contributed by atoms with E-state index in [4.69, 9.17) is 16.3 Å². The van der Waals surface area contributed by atoms with Gasteiger partial charge in [-0.3, -0.25) is 0 Å². The van der Waals surface area contributed by atoms with Crippen LogP contribution in [0.2, 0.25) is 5.02 Å². The first kappa shape index (κ1) is 11.7. The van der Waals surface area contributed by atoms with Gasteiger partial charge in [-0.25, -0.2) is 0 Å². The molecule has 0 saturated carbocycles. The summed E-state index contributed by atoms with van der Waals surface area (Å²) < 4.78 is 5.37. The quantitative estimate of drug-likeness (QED) is 0.876. The third-order valence-corrected chi connectivity index (χ3v) is 3.44. The third kappa shape index (κ3) is 2.89. The summed E-state index contributed by atoms with van der Waals surface area (Å²) in [6.45, 7) is 2.26. The summed E-state index contributed by atoms with van der Waals surface area (Å²) in [5.41, 5.74) is 1.24. The van der Waals surface area contributed by atoms with E-state index in [0.29, 0.717) is 0 Å². The zero-order valence-electron chi connectivity index (χ0n) is 9.63. The van der Waals surface area contributed by atoms with E-state index in [1.807, 2.05) is 18.2 Å². The highest BCUT2D eigenvalue weighted by atomic mass is 35.5. The minimum Gasteiger partial charge on any atom is -0.496 e. The van der Waals surface area contributed by atoms with Crippen LogP contribution in [0.1, 0.15) is 18.4 Å². The summed E-state index contributed by atoms with van der Waals surface area (Å²) in [6, 6.07) is 5.87. The van der Waals surface area contributed by atoms with Crippen LogP contribution in [0.4, 0.5) is 0 Å². The molecule has 1 aliphatic rings. The fourth-order valence-electron chi connectivity index (χ4n) is 2.30. The van der Waals surface area contributed by atoms with E-state index in [0.717, 1.165) is 36.2 Å². The van der Waals surface area contributed by atoms with Gasteiger partial charge in [-0.1, -0.05) is 11.6 Å². The molecule has 0 bridgehead atoms. The number of piperidine rings is 1. The van der Waals surface area contributed by atoms with Crippen LogP contribution in [0.3, 0.4) is 0 Å². The van der Waals surface area contributed by atoms with Gasteiger partial charge in [-0.2, -0.15) is 0 Å². The van der Waals surface area contributed by atoms with Crippen molar-refractivity contribution in [3.05, 3.63) is 28.8 Å². The normalized spacial score (nSPS) is 17.4. The van der Waals surface area contributed by atoms with Crippen molar-refractivity contribution in [2.75, 3.05) is 20.2 Å². The molecule has 1 saturated heterocycles. The molecular weight excluding hydrogens is 222 g/mol. The Hall–Kier alpha value is -0.730. The van der Waals surface area contributed by atoms with Crippen LogP contribution >= 0.6 is 11.6 Å². The van der Waals surface area contributed by atoms with Crippen LogP contribution in [0.25, 0.3) is 0 Å². The van der Waals surface area contributed by atoms with Crippen LogP contribution in [-0.2, 0) is 6.42 Å². The molecule has 0 amide bonds. The van der Waals surface area contributed by atoms with Gasteiger partial charge in [-0.15, -0.1) is 0 Å². The third-order valence-electron chi connectivity index (χ3n) is 3.21. The molecule has 1 aliphatic heterocycles. The average Bonchev–Trinajstić information content (AvgIpc) is 2.31. The first-order chi connectivity index (χ1) is 7.79. The highest BCUT2D eigenvalue weighted by Gasteiger charge is 2.15. The number of methoxy groups -OCH3 is 1. The molecule has 0 atom stereocenters. The molecule has 1 N–H and O–H groups in total. The second kappa shape index (κ2) is 5.55.